The minimum absolute atomic E-state index is 0.00906. The molecule has 0 aliphatic heterocycles. The maximum Gasteiger partial charge on any atom is 0.417 e. The molecular weight excluding hydrogens is 406 g/mol. The van der Waals surface area contributed by atoms with Crippen LogP contribution in [0.2, 0.25) is 10.0 Å². The molecule has 11 heteroatoms. The van der Waals surface area contributed by atoms with Gasteiger partial charge in [0.15, 0.2) is 0 Å². The number of hydrogen-bond acceptors (Lipinski definition) is 4. The second-order valence-corrected chi connectivity index (χ2v) is 7.25. The van der Waals surface area contributed by atoms with Crippen LogP contribution in [0.1, 0.15) is 15.9 Å². The quantitative estimate of drug-likeness (QED) is 0.835. The predicted octanol–water partition coefficient (Wildman–Crippen LogP) is 3.18. The Morgan fingerprint density at radius 3 is 2.28 bits per heavy atom. The van der Waals surface area contributed by atoms with E-state index in [1.807, 2.05) is 4.72 Å². The highest BCUT2D eigenvalue weighted by molar-refractivity contribution is 7.92. The van der Waals surface area contributed by atoms with E-state index in [1.165, 1.54) is 6.07 Å². The largest absolute Gasteiger partial charge is 0.545 e. The third-order valence-corrected chi connectivity index (χ3v) is 4.93. The third-order valence-electron chi connectivity index (χ3n) is 3.00. The fourth-order valence-electron chi connectivity index (χ4n) is 1.87. The van der Waals surface area contributed by atoms with Gasteiger partial charge in [-0.3, -0.25) is 4.72 Å². The number of halogens is 5. The number of carboxylic acid groups (broad SMARTS) is 1. The van der Waals surface area contributed by atoms with E-state index >= 15 is 0 Å². The summed E-state index contributed by atoms with van der Waals surface area (Å²) in [5, 5.41) is 10.4. The summed E-state index contributed by atoms with van der Waals surface area (Å²) >= 11 is 11.1. The van der Waals surface area contributed by atoms with Crippen molar-refractivity contribution in [2.24, 2.45) is 0 Å². The van der Waals surface area contributed by atoms with Crippen molar-refractivity contribution in [3.63, 3.8) is 0 Å². The molecule has 1 N–H and O–H groups in total. The lowest BCUT2D eigenvalue weighted by atomic mass is 10.2. The van der Waals surface area contributed by atoms with E-state index in [2.05, 4.69) is 0 Å². The second kappa shape index (κ2) is 6.74. The molecule has 2 rings (SSSR count). The first-order valence-corrected chi connectivity index (χ1v) is 8.56. The Balaban J connectivity index is 2.51. The van der Waals surface area contributed by atoms with Crippen LogP contribution in [0.15, 0.2) is 41.3 Å². The highest BCUT2D eigenvalue weighted by Gasteiger charge is 2.34. The van der Waals surface area contributed by atoms with Crippen molar-refractivity contribution in [3.8, 4) is 0 Å². The van der Waals surface area contributed by atoms with Gasteiger partial charge in [0.2, 0.25) is 0 Å². The number of carboxylic acids is 1. The van der Waals surface area contributed by atoms with Gasteiger partial charge in [0.25, 0.3) is 10.0 Å². The highest BCUT2D eigenvalue weighted by Crippen LogP contribution is 2.36. The zero-order valence-electron chi connectivity index (χ0n) is 11.9. The summed E-state index contributed by atoms with van der Waals surface area (Å²) in [6, 6.07) is 5.14. The minimum Gasteiger partial charge on any atom is -0.545 e. The molecule has 0 saturated carbocycles. The Kier molecular flexibility index (Phi) is 5.22. The van der Waals surface area contributed by atoms with Crippen molar-refractivity contribution >= 4 is 44.9 Å². The lowest BCUT2D eigenvalue weighted by molar-refractivity contribution is -0.254. The molecule has 0 aliphatic rings. The topological polar surface area (TPSA) is 86.3 Å². The zero-order chi connectivity index (χ0) is 19.0. The number of carbonyl (C=O) groups is 1. The number of hydrogen-bond donors (Lipinski definition) is 1. The summed E-state index contributed by atoms with van der Waals surface area (Å²) < 4.78 is 65.1. The molecule has 5 nitrogen and oxygen atoms in total. The van der Waals surface area contributed by atoms with Crippen molar-refractivity contribution in [1.29, 1.82) is 0 Å². The highest BCUT2D eigenvalue weighted by atomic mass is 35.5. The number of sulfonamides is 1. The number of aromatic carboxylic acids is 1. The number of benzene rings is 2. The average Bonchev–Trinajstić information content (AvgIpc) is 2.45. The molecule has 0 heterocycles. The molecule has 0 aromatic heterocycles. The summed E-state index contributed by atoms with van der Waals surface area (Å²) in [5.74, 6) is -1.69. The Morgan fingerprint density at radius 1 is 1.08 bits per heavy atom. The summed E-state index contributed by atoms with van der Waals surface area (Å²) in [6.45, 7) is 0. The summed E-state index contributed by atoms with van der Waals surface area (Å²) in [6.07, 6.45) is -4.87. The van der Waals surface area contributed by atoms with E-state index in [1.54, 1.807) is 0 Å². The van der Waals surface area contributed by atoms with Gasteiger partial charge in [-0.2, -0.15) is 13.2 Å². The number of nitrogens with one attached hydrogen (secondary N) is 1. The Morgan fingerprint density at radius 2 is 1.72 bits per heavy atom. The van der Waals surface area contributed by atoms with E-state index in [9.17, 15) is 31.5 Å². The molecule has 0 amide bonds. The molecule has 134 valence electrons. The van der Waals surface area contributed by atoms with Gasteiger partial charge in [-0.15, -0.1) is 0 Å². The van der Waals surface area contributed by atoms with Gasteiger partial charge < -0.3 is 9.90 Å². The average molecular weight is 413 g/mol. The van der Waals surface area contributed by atoms with E-state index in [0.717, 1.165) is 24.3 Å². The Hall–Kier alpha value is -1.97. The molecular formula is C14H7Cl2F3NO4S-. The molecule has 0 saturated heterocycles. The van der Waals surface area contributed by atoms with Gasteiger partial charge in [0, 0.05) is 10.6 Å². The third kappa shape index (κ3) is 4.36. The lowest BCUT2D eigenvalue weighted by Crippen LogP contribution is -2.25. The van der Waals surface area contributed by atoms with Crippen molar-refractivity contribution < 1.29 is 31.5 Å². The summed E-state index contributed by atoms with van der Waals surface area (Å²) in [5.41, 5.74) is -2.32. The van der Waals surface area contributed by atoms with Crippen LogP contribution in [0.4, 0.5) is 18.9 Å². The lowest BCUT2D eigenvalue weighted by Gasteiger charge is -2.15. The van der Waals surface area contributed by atoms with E-state index < -0.39 is 48.9 Å². The first kappa shape index (κ1) is 19.4. The van der Waals surface area contributed by atoms with Crippen molar-refractivity contribution in [3.05, 3.63) is 57.6 Å². The van der Waals surface area contributed by atoms with E-state index in [0.29, 0.717) is 6.07 Å². The zero-order valence-corrected chi connectivity index (χ0v) is 14.2. The van der Waals surface area contributed by atoms with Crippen LogP contribution in [0, 0.1) is 0 Å². The number of carbonyl (C=O) groups excluding carboxylic acids is 1. The smallest absolute Gasteiger partial charge is 0.417 e. The Bertz CT molecular complexity index is 946. The molecule has 0 spiro atoms. The molecule has 0 unspecified atom stereocenters. The maximum atomic E-state index is 12.9. The monoisotopic (exact) mass is 412 g/mol. The van der Waals surface area contributed by atoms with Gasteiger partial charge >= 0.3 is 6.18 Å². The first-order chi connectivity index (χ1) is 11.4. The predicted molar refractivity (Wildman–Crippen MR) is 83.0 cm³/mol. The minimum atomic E-state index is -4.87. The first-order valence-electron chi connectivity index (χ1n) is 6.32. The summed E-state index contributed by atoms with van der Waals surface area (Å²) in [7, 11) is -4.54. The van der Waals surface area contributed by atoms with Crippen LogP contribution in [0.3, 0.4) is 0 Å². The normalized spacial score (nSPS) is 12.0. The number of rotatable bonds is 4. The molecule has 0 bridgehead atoms. The standard InChI is InChI=1S/C14H8Cl2F3NO4S/c15-7-1-3-9(13(21)22)12(5-7)20-25(23,24)8-2-4-11(16)10(6-8)14(17,18)19/h1-6,20H,(H,21,22)/p-1. The number of alkyl halides is 3. The van der Waals surface area contributed by atoms with Crippen LogP contribution < -0.4 is 9.83 Å². The SMILES string of the molecule is O=C([O-])c1ccc(Cl)cc1NS(=O)(=O)c1ccc(Cl)c(C(F)(F)F)c1. The van der Waals surface area contributed by atoms with Gasteiger partial charge in [0.1, 0.15) is 0 Å². The van der Waals surface area contributed by atoms with Crippen molar-refractivity contribution in [2.45, 2.75) is 11.1 Å². The molecule has 0 radical (unpaired) electrons. The molecule has 2 aromatic rings. The Labute approximate surface area is 150 Å². The second-order valence-electron chi connectivity index (χ2n) is 4.72. The van der Waals surface area contributed by atoms with Crippen molar-refractivity contribution in [1.82, 2.24) is 0 Å². The van der Waals surface area contributed by atoms with Crippen LogP contribution in [-0.2, 0) is 16.2 Å². The van der Waals surface area contributed by atoms with Crippen LogP contribution in [0.5, 0.6) is 0 Å². The molecule has 25 heavy (non-hydrogen) atoms. The van der Waals surface area contributed by atoms with Gasteiger partial charge in [-0.05, 0) is 36.4 Å². The molecule has 2 aromatic carbocycles. The van der Waals surface area contributed by atoms with Crippen molar-refractivity contribution in [2.75, 3.05) is 4.72 Å². The van der Waals surface area contributed by atoms with E-state index in [-0.39, 0.29) is 5.02 Å². The fourth-order valence-corrected chi connectivity index (χ4v) is 3.36. The van der Waals surface area contributed by atoms with Crippen LogP contribution >= 0.6 is 23.2 Å². The van der Waals surface area contributed by atoms with E-state index in [4.69, 9.17) is 23.2 Å². The molecule has 0 fully saturated rings. The fraction of sp³-hybridized carbons (Fsp3) is 0.0714. The molecule has 0 aliphatic carbocycles. The molecule has 0 atom stereocenters. The maximum absolute atomic E-state index is 12.9. The summed E-state index contributed by atoms with van der Waals surface area (Å²) in [4.78, 5) is 10.3. The van der Waals surface area contributed by atoms with Gasteiger partial charge in [0.05, 0.1) is 27.1 Å². The van der Waals surface area contributed by atoms with Gasteiger partial charge in [-0.25, -0.2) is 8.42 Å². The van der Waals surface area contributed by atoms with Gasteiger partial charge in [-0.1, -0.05) is 23.2 Å². The van der Waals surface area contributed by atoms with Crippen LogP contribution in [-0.4, -0.2) is 14.4 Å². The number of anilines is 1. The van der Waals surface area contributed by atoms with Crippen LogP contribution in [0.25, 0.3) is 0 Å².